The molecule has 2 heterocycles. The van der Waals surface area contributed by atoms with E-state index in [2.05, 4.69) is 16.2 Å². The van der Waals surface area contributed by atoms with Crippen LogP contribution in [0.2, 0.25) is 0 Å². The first kappa shape index (κ1) is 11.1. The Balaban J connectivity index is 2.42. The van der Waals surface area contributed by atoms with Crippen molar-refractivity contribution in [3.05, 3.63) is 35.4 Å². The first-order chi connectivity index (χ1) is 8.13. The van der Waals surface area contributed by atoms with Crippen LogP contribution in [0.25, 0.3) is 0 Å². The van der Waals surface area contributed by atoms with Crippen LogP contribution >= 0.6 is 0 Å². The van der Waals surface area contributed by atoms with Crippen LogP contribution in [0, 0.1) is 25.2 Å². The Hall–Kier alpha value is -2.35. The molecule has 0 aliphatic carbocycles. The maximum absolute atomic E-state index is 8.96. The molecule has 0 radical (unpaired) electrons. The van der Waals surface area contributed by atoms with Crippen molar-refractivity contribution in [2.75, 3.05) is 0 Å². The second kappa shape index (κ2) is 4.26. The number of hydrogen-bond acceptors (Lipinski definition) is 4. The van der Waals surface area contributed by atoms with Crippen LogP contribution in [-0.4, -0.2) is 14.8 Å². The van der Waals surface area contributed by atoms with Crippen LogP contribution in [0.1, 0.15) is 17.0 Å². The average molecular weight is 228 g/mol. The van der Waals surface area contributed by atoms with Crippen molar-refractivity contribution >= 4 is 0 Å². The van der Waals surface area contributed by atoms with E-state index in [9.17, 15) is 0 Å². The van der Waals surface area contributed by atoms with Gasteiger partial charge in [-0.2, -0.15) is 10.4 Å². The predicted molar refractivity (Wildman–Crippen MR) is 61.7 cm³/mol. The SMILES string of the molecule is Cc1nn(C)c(C)c1Oc1cnccc1C#N. The summed E-state index contributed by atoms with van der Waals surface area (Å²) >= 11 is 0. The molecule has 2 aromatic heterocycles. The van der Waals surface area contributed by atoms with E-state index in [1.807, 2.05) is 20.9 Å². The van der Waals surface area contributed by atoms with Gasteiger partial charge < -0.3 is 4.74 Å². The molecule has 0 aliphatic rings. The van der Waals surface area contributed by atoms with E-state index in [0.29, 0.717) is 17.1 Å². The number of rotatable bonds is 2. The monoisotopic (exact) mass is 228 g/mol. The number of pyridine rings is 1. The van der Waals surface area contributed by atoms with Gasteiger partial charge in [0, 0.05) is 13.2 Å². The van der Waals surface area contributed by atoms with Crippen LogP contribution in [0.5, 0.6) is 11.5 Å². The van der Waals surface area contributed by atoms with Crippen molar-refractivity contribution in [3.63, 3.8) is 0 Å². The van der Waals surface area contributed by atoms with Crippen molar-refractivity contribution in [1.29, 1.82) is 5.26 Å². The van der Waals surface area contributed by atoms with Gasteiger partial charge in [-0.3, -0.25) is 9.67 Å². The molecule has 2 rings (SSSR count). The zero-order valence-corrected chi connectivity index (χ0v) is 9.93. The lowest BCUT2D eigenvalue weighted by Crippen LogP contribution is -1.94. The Morgan fingerprint density at radius 2 is 2.18 bits per heavy atom. The van der Waals surface area contributed by atoms with Crippen LogP contribution in [0.3, 0.4) is 0 Å². The molecule has 0 saturated carbocycles. The molecule has 0 amide bonds. The molecule has 0 bridgehead atoms. The normalized spacial score (nSPS) is 10.0. The van der Waals surface area contributed by atoms with Crippen LogP contribution in [0.15, 0.2) is 18.5 Å². The lowest BCUT2D eigenvalue weighted by molar-refractivity contribution is 0.470. The highest BCUT2D eigenvalue weighted by atomic mass is 16.5. The number of ether oxygens (including phenoxy) is 1. The van der Waals surface area contributed by atoms with Crippen molar-refractivity contribution in [2.24, 2.45) is 7.05 Å². The van der Waals surface area contributed by atoms with Gasteiger partial charge in [0.2, 0.25) is 0 Å². The Kier molecular flexibility index (Phi) is 2.79. The van der Waals surface area contributed by atoms with E-state index >= 15 is 0 Å². The number of nitrogens with zero attached hydrogens (tertiary/aromatic N) is 4. The quantitative estimate of drug-likeness (QED) is 0.789. The summed E-state index contributed by atoms with van der Waals surface area (Å²) in [4.78, 5) is 3.95. The lowest BCUT2D eigenvalue weighted by Gasteiger charge is -2.06. The first-order valence-electron chi connectivity index (χ1n) is 5.15. The fourth-order valence-electron chi connectivity index (χ4n) is 1.57. The fraction of sp³-hybridized carbons (Fsp3) is 0.250. The predicted octanol–water partition coefficient (Wildman–Crippen LogP) is 2.10. The molecule has 0 atom stereocenters. The second-order valence-electron chi connectivity index (χ2n) is 3.71. The Morgan fingerprint density at radius 1 is 1.41 bits per heavy atom. The minimum Gasteiger partial charge on any atom is -0.450 e. The van der Waals surface area contributed by atoms with Gasteiger partial charge in [0.05, 0.1) is 17.5 Å². The highest BCUT2D eigenvalue weighted by molar-refractivity contribution is 5.44. The summed E-state index contributed by atoms with van der Waals surface area (Å²) in [6.07, 6.45) is 3.10. The molecule has 5 nitrogen and oxygen atoms in total. The second-order valence-corrected chi connectivity index (χ2v) is 3.71. The molecule has 0 saturated heterocycles. The summed E-state index contributed by atoms with van der Waals surface area (Å²) in [5.74, 6) is 1.13. The minimum atomic E-state index is 0.453. The van der Waals surface area contributed by atoms with Crippen LogP contribution in [-0.2, 0) is 7.05 Å². The van der Waals surface area contributed by atoms with Gasteiger partial charge in [-0.1, -0.05) is 0 Å². The Morgan fingerprint density at radius 3 is 2.76 bits per heavy atom. The van der Waals surface area contributed by atoms with Crippen molar-refractivity contribution < 1.29 is 4.74 Å². The minimum absolute atomic E-state index is 0.453. The third-order valence-electron chi connectivity index (χ3n) is 2.56. The summed E-state index contributed by atoms with van der Waals surface area (Å²) < 4.78 is 7.46. The van der Waals surface area contributed by atoms with Gasteiger partial charge in [-0.15, -0.1) is 0 Å². The van der Waals surface area contributed by atoms with Crippen molar-refractivity contribution in [3.8, 4) is 17.6 Å². The first-order valence-corrected chi connectivity index (χ1v) is 5.15. The molecule has 86 valence electrons. The van der Waals surface area contributed by atoms with Crippen molar-refractivity contribution in [1.82, 2.24) is 14.8 Å². The Bertz CT molecular complexity index is 595. The van der Waals surface area contributed by atoms with Crippen LogP contribution in [0.4, 0.5) is 0 Å². The van der Waals surface area contributed by atoms with Gasteiger partial charge >= 0.3 is 0 Å². The molecule has 0 aliphatic heterocycles. The van der Waals surface area contributed by atoms with E-state index < -0.39 is 0 Å². The molecule has 0 spiro atoms. The van der Waals surface area contributed by atoms with Gasteiger partial charge in [0.25, 0.3) is 0 Å². The Labute approximate surface area is 99.3 Å². The maximum atomic E-state index is 8.96. The number of aromatic nitrogens is 3. The smallest absolute Gasteiger partial charge is 0.171 e. The maximum Gasteiger partial charge on any atom is 0.171 e. The molecule has 0 aromatic carbocycles. The number of hydrogen-bond donors (Lipinski definition) is 0. The summed E-state index contributed by atoms with van der Waals surface area (Å²) in [5, 5.41) is 13.2. The number of aryl methyl sites for hydroxylation is 2. The molecule has 2 aromatic rings. The van der Waals surface area contributed by atoms with E-state index in [-0.39, 0.29) is 0 Å². The van der Waals surface area contributed by atoms with Gasteiger partial charge in [-0.25, -0.2) is 0 Å². The molecule has 0 unspecified atom stereocenters. The third-order valence-corrected chi connectivity index (χ3v) is 2.56. The van der Waals surface area contributed by atoms with Gasteiger partial charge in [0.15, 0.2) is 11.5 Å². The number of nitriles is 1. The third kappa shape index (κ3) is 1.97. The average Bonchev–Trinajstić information content (AvgIpc) is 2.57. The largest absolute Gasteiger partial charge is 0.450 e. The summed E-state index contributed by atoms with van der Waals surface area (Å²) in [7, 11) is 1.85. The molecule has 17 heavy (non-hydrogen) atoms. The highest BCUT2D eigenvalue weighted by Gasteiger charge is 2.13. The topological polar surface area (TPSA) is 63.7 Å². The van der Waals surface area contributed by atoms with Gasteiger partial charge in [0.1, 0.15) is 11.8 Å². The summed E-state index contributed by atoms with van der Waals surface area (Å²) in [5.41, 5.74) is 2.16. The van der Waals surface area contributed by atoms with Crippen molar-refractivity contribution in [2.45, 2.75) is 13.8 Å². The molecule has 0 fully saturated rings. The molecule has 5 heteroatoms. The zero-order valence-electron chi connectivity index (χ0n) is 9.93. The molecular formula is C12H12N4O. The highest BCUT2D eigenvalue weighted by Crippen LogP contribution is 2.29. The van der Waals surface area contributed by atoms with E-state index in [4.69, 9.17) is 10.00 Å². The lowest BCUT2D eigenvalue weighted by atomic mass is 10.2. The summed E-state index contributed by atoms with van der Waals surface area (Å²) in [6.45, 7) is 3.78. The standard InChI is InChI=1S/C12H12N4O/c1-8-12(9(2)16(3)15-8)17-11-7-14-5-4-10(11)6-13/h4-5,7H,1-3H3. The molecular weight excluding hydrogens is 216 g/mol. The van der Waals surface area contributed by atoms with Gasteiger partial charge in [-0.05, 0) is 19.9 Å². The van der Waals surface area contributed by atoms with E-state index in [0.717, 1.165) is 11.4 Å². The zero-order chi connectivity index (χ0) is 12.4. The fourth-order valence-corrected chi connectivity index (χ4v) is 1.57. The van der Waals surface area contributed by atoms with Crippen LogP contribution < -0.4 is 4.74 Å². The summed E-state index contributed by atoms with van der Waals surface area (Å²) in [6, 6.07) is 3.69. The van der Waals surface area contributed by atoms with E-state index in [1.165, 1.54) is 6.20 Å². The molecule has 0 N–H and O–H groups in total. The van der Waals surface area contributed by atoms with E-state index in [1.54, 1.807) is 16.9 Å².